The van der Waals surface area contributed by atoms with Crippen LogP contribution in [0.15, 0.2) is 61.2 Å². The molecule has 0 aliphatic heterocycles. The van der Waals surface area contributed by atoms with E-state index in [0.717, 1.165) is 29.5 Å². The molecular formula is C29H35N3O5. The molecule has 2 aromatic carbocycles. The molecule has 2 atom stereocenters. The molecule has 0 heterocycles. The predicted molar refractivity (Wildman–Crippen MR) is 140 cm³/mol. The molecule has 0 unspecified atom stereocenters. The zero-order valence-electron chi connectivity index (χ0n) is 21.5. The Balaban J connectivity index is 1.98. The van der Waals surface area contributed by atoms with Gasteiger partial charge in [0.05, 0.1) is 24.8 Å². The topological polar surface area (TPSA) is 118 Å². The molecule has 2 amide bonds. The van der Waals surface area contributed by atoms with E-state index in [1.54, 1.807) is 24.3 Å². The van der Waals surface area contributed by atoms with Crippen molar-refractivity contribution in [3.63, 3.8) is 0 Å². The molecule has 0 spiro atoms. The van der Waals surface area contributed by atoms with E-state index in [-0.39, 0.29) is 25.7 Å². The molecule has 0 fully saturated rings. The fourth-order valence-corrected chi connectivity index (χ4v) is 3.57. The molecule has 8 nitrogen and oxygen atoms in total. The molecule has 0 saturated heterocycles. The van der Waals surface area contributed by atoms with Crippen molar-refractivity contribution < 1.29 is 23.9 Å². The average Bonchev–Trinajstić information content (AvgIpc) is 2.89. The van der Waals surface area contributed by atoms with Crippen LogP contribution in [0, 0.1) is 18.3 Å². The molecule has 0 radical (unpaired) electrons. The van der Waals surface area contributed by atoms with Gasteiger partial charge >= 0.3 is 5.97 Å². The number of carbonyl (C=O) groups is 3. The minimum absolute atomic E-state index is 0.0612. The van der Waals surface area contributed by atoms with Crippen molar-refractivity contribution in [3.05, 3.63) is 83.4 Å². The van der Waals surface area contributed by atoms with E-state index >= 15 is 0 Å². The van der Waals surface area contributed by atoms with E-state index in [1.807, 2.05) is 44.2 Å². The van der Waals surface area contributed by atoms with Gasteiger partial charge in [-0.1, -0.05) is 68.0 Å². The fraction of sp³-hybridized carbons (Fsp3) is 0.379. The Bertz CT molecular complexity index is 1110. The van der Waals surface area contributed by atoms with E-state index in [2.05, 4.69) is 17.2 Å². The van der Waals surface area contributed by atoms with Gasteiger partial charge in [0.2, 0.25) is 11.8 Å². The lowest BCUT2D eigenvalue weighted by molar-refractivity contribution is -0.129. The second-order valence-electron chi connectivity index (χ2n) is 8.71. The van der Waals surface area contributed by atoms with Crippen molar-refractivity contribution in [2.24, 2.45) is 0 Å². The Morgan fingerprint density at radius 1 is 1.11 bits per heavy atom. The van der Waals surface area contributed by atoms with Gasteiger partial charge in [-0.2, -0.15) is 5.26 Å². The van der Waals surface area contributed by atoms with Gasteiger partial charge in [0.1, 0.15) is 18.7 Å². The highest BCUT2D eigenvalue weighted by Crippen LogP contribution is 2.10. The predicted octanol–water partition coefficient (Wildman–Crippen LogP) is 3.78. The zero-order chi connectivity index (χ0) is 27.0. The molecule has 8 heteroatoms. The number of hydrogen-bond donors (Lipinski definition) is 2. The number of carbonyl (C=O) groups excluding carboxylic acids is 3. The van der Waals surface area contributed by atoms with Crippen LogP contribution in [0.3, 0.4) is 0 Å². The number of rotatable bonds is 15. The summed E-state index contributed by atoms with van der Waals surface area (Å²) in [6.07, 6.45) is 3.73. The van der Waals surface area contributed by atoms with Gasteiger partial charge in [0.25, 0.3) is 0 Å². The molecule has 2 N–H and O–H groups in total. The summed E-state index contributed by atoms with van der Waals surface area (Å²) in [5.74, 6) is -1.12. The van der Waals surface area contributed by atoms with Crippen LogP contribution in [0.1, 0.15) is 53.2 Å². The maximum Gasteiger partial charge on any atom is 0.338 e. The summed E-state index contributed by atoms with van der Waals surface area (Å²) < 4.78 is 10.7. The average molecular weight is 506 g/mol. The fourth-order valence-electron chi connectivity index (χ4n) is 3.57. The van der Waals surface area contributed by atoms with Crippen LogP contribution >= 0.6 is 0 Å². The van der Waals surface area contributed by atoms with Crippen LogP contribution in [-0.4, -0.2) is 43.1 Å². The van der Waals surface area contributed by atoms with E-state index in [0.29, 0.717) is 18.4 Å². The molecule has 196 valence electrons. The number of nitrogens with one attached hydrogen (secondary N) is 2. The molecule has 2 aromatic rings. The summed E-state index contributed by atoms with van der Waals surface area (Å²) in [6.45, 7) is 7.66. The Morgan fingerprint density at radius 3 is 2.57 bits per heavy atom. The summed E-state index contributed by atoms with van der Waals surface area (Å²) in [4.78, 5) is 37.5. The third-order valence-corrected chi connectivity index (χ3v) is 5.45. The Kier molecular flexibility index (Phi) is 12.6. The Morgan fingerprint density at radius 2 is 1.86 bits per heavy atom. The van der Waals surface area contributed by atoms with Gasteiger partial charge in [0.15, 0.2) is 0 Å². The van der Waals surface area contributed by atoms with Gasteiger partial charge in [-0.25, -0.2) is 4.79 Å². The van der Waals surface area contributed by atoms with Crippen LogP contribution in [0.2, 0.25) is 0 Å². The molecule has 2 rings (SSSR count). The largest absolute Gasteiger partial charge is 0.458 e. The number of benzene rings is 2. The highest BCUT2D eigenvalue weighted by Gasteiger charge is 2.24. The van der Waals surface area contributed by atoms with Gasteiger partial charge in [-0.3, -0.25) is 9.59 Å². The van der Waals surface area contributed by atoms with Crippen molar-refractivity contribution >= 4 is 17.8 Å². The maximum absolute atomic E-state index is 13.1. The number of amides is 2. The number of hydrogen-bond acceptors (Lipinski definition) is 6. The summed E-state index contributed by atoms with van der Waals surface area (Å²) in [5, 5.41) is 15.1. The third kappa shape index (κ3) is 10.7. The SMILES string of the molecule is C=CCOC(=O)c1cccc(COC[C@@H](C#N)NC(=O)[C@H](Cc2cccc(C)c2)NC(=O)CCCC)c1. The second-order valence-corrected chi connectivity index (χ2v) is 8.71. The normalized spacial score (nSPS) is 12.0. The summed E-state index contributed by atoms with van der Waals surface area (Å²) in [5.41, 5.74) is 3.06. The van der Waals surface area contributed by atoms with Crippen molar-refractivity contribution in [1.29, 1.82) is 5.26 Å². The number of unbranched alkanes of at least 4 members (excludes halogenated alkanes) is 1. The Labute approximate surface area is 218 Å². The second kappa shape index (κ2) is 15.9. The standard InChI is InChI=1S/C29H35N3O5/c1-4-6-13-27(33)32-26(17-22-10-7-9-21(3)15-22)28(34)31-25(18-30)20-36-19-23-11-8-12-24(16-23)29(35)37-14-5-2/h5,7-12,15-16,25-26H,2,4,6,13-14,17,19-20H2,1,3H3,(H,31,34)(H,32,33)/t25-,26+/m1/s1. The Hall–Kier alpha value is -3.96. The molecule has 0 saturated carbocycles. The van der Waals surface area contributed by atoms with Gasteiger partial charge < -0.3 is 20.1 Å². The molecule has 0 aliphatic rings. The van der Waals surface area contributed by atoms with Crippen molar-refractivity contribution in [1.82, 2.24) is 10.6 Å². The molecular weight excluding hydrogens is 470 g/mol. The minimum Gasteiger partial charge on any atom is -0.458 e. The first kappa shape index (κ1) is 29.3. The maximum atomic E-state index is 13.1. The van der Waals surface area contributed by atoms with Crippen LogP contribution in [0.5, 0.6) is 0 Å². The first-order chi connectivity index (χ1) is 17.9. The molecule has 0 bridgehead atoms. The van der Waals surface area contributed by atoms with Crippen molar-refractivity contribution in [2.45, 2.75) is 58.2 Å². The number of aryl methyl sites for hydroxylation is 1. The summed E-state index contributed by atoms with van der Waals surface area (Å²) in [6, 6.07) is 14.8. The number of esters is 1. The highest BCUT2D eigenvalue weighted by molar-refractivity contribution is 5.89. The van der Waals surface area contributed by atoms with E-state index in [9.17, 15) is 19.6 Å². The number of nitrogens with zero attached hydrogens (tertiary/aromatic N) is 1. The van der Waals surface area contributed by atoms with Gasteiger partial charge in [0, 0.05) is 12.8 Å². The van der Waals surface area contributed by atoms with Gasteiger partial charge in [-0.05, 0) is 36.6 Å². The van der Waals surface area contributed by atoms with Gasteiger partial charge in [-0.15, -0.1) is 0 Å². The van der Waals surface area contributed by atoms with E-state index in [1.165, 1.54) is 6.08 Å². The zero-order valence-corrected chi connectivity index (χ0v) is 21.5. The van der Waals surface area contributed by atoms with Crippen LogP contribution in [0.4, 0.5) is 0 Å². The number of ether oxygens (including phenoxy) is 2. The lowest BCUT2D eigenvalue weighted by atomic mass is 10.0. The molecule has 37 heavy (non-hydrogen) atoms. The smallest absolute Gasteiger partial charge is 0.338 e. The minimum atomic E-state index is -0.916. The first-order valence-electron chi connectivity index (χ1n) is 12.4. The van der Waals surface area contributed by atoms with Crippen LogP contribution < -0.4 is 10.6 Å². The lowest BCUT2D eigenvalue weighted by Crippen LogP contribution is -2.51. The van der Waals surface area contributed by atoms with Crippen molar-refractivity contribution in [2.75, 3.05) is 13.2 Å². The highest BCUT2D eigenvalue weighted by atomic mass is 16.5. The quantitative estimate of drug-likeness (QED) is 0.281. The van der Waals surface area contributed by atoms with Crippen LogP contribution in [0.25, 0.3) is 0 Å². The summed E-state index contributed by atoms with van der Waals surface area (Å²) in [7, 11) is 0. The lowest BCUT2D eigenvalue weighted by Gasteiger charge is -2.21. The molecule has 0 aliphatic carbocycles. The first-order valence-corrected chi connectivity index (χ1v) is 12.4. The van der Waals surface area contributed by atoms with E-state index in [4.69, 9.17) is 9.47 Å². The monoisotopic (exact) mass is 505 g/mol. The molecule has 0 aromatic heterocycles. The summed E-state index contributed by atoms with van der Waals surface area (Å²) >= 11 is 0. The third-order valence-electron chi connectivity index (χ3n) is 5.45. The number of nitriles is 1. The van der Waals surface area contributed by atoms with E-state index < -0.39 is 24.0 Å². The van der Waals surface area contributed by atoms with Crippen LogP contribution in [-0.2, 0) is 32.1 Å². The van der Waals surface area contributed by atoms with Crippen molar-refractivity contribution in [3.8, 4) is 6.07 Å².